The Kier molecular flexibility index (Phi) is 4.45. The van der Waals surface area contributed by atoms with E-state index >= 15 is 0 Å². The van der Waals surface area contributed by atoms with Gasteiger partial charge in [-0.15, -0.1) is 13.2 Å². The minimum atomic E-state index is -4.74. The van der Waals surface area contributed by atoms with Gasteiger partial charge in [0.15, 0.2) is 0 Å². The third-order valence-corrected chi connectivity index (χ3v) is 2.71. The molecule has 1 aromatic heterocycles. The maximum absolute atomic E-state index is 12.4. The highest BCUT2D eigenvalue weighted by Gasteiger charge is 2.32. The van der Waals surface area contributed by atoms with Gasteiger partial charge in [0.2, 0.25) is 0 Å². The Labute approximate surface area is 120 Å². The molecular weight excluding hydrogens is 281 g/mol. The third kappa shape index (κ3) is 4.44. The number of rotatable bonds is 4. The summed E-state index contributed by atoms with van der Waals surface area (Å²) in [6.45, 7) is 4.12. The average Bonchev–Trinajstić information content (AvgIpc) is 2.38. The molecule has 0 bridgehead atoms. The number of hydrogen-bond acceptors (Lipinski definition) is 3. The molecule has 0 aliphatic heterocycles. The summed E-state index contributed by atoms with van der Waals surface area (Å²) in [5, 5.41) is 0. The fourth-order valence-corrected chi connectivity index (χ4v) is 1.91. The Balaban J connectivity index is 2.29. The van der Waals surface area contributed by atoms with Crippen LogP contribution in [-0.2, 0) is 6.42 Å². The SMILES string of the molecule is CC(C)Cc1cnc(-c2ccccc2OC(F)(F)F)cn1. The highest BCUT2D eigenvalue weighted by atomic mass is 19.4. The van der Waals surface area contributed by atoms with Crippen LogP contribution in [0.1, 0.15) is 19.5 Å². The van der Waals surface area contributed by atoms with Gasteiger partial charge in [0.05, 0.1) is 17.6 Å². The molecule has 0 unspecified atom stereocenters. The molecule has 0 aliphatic rings. The van der Waals surface area contributed by atoms with Crippen LogP contribution in [-0.4, -0.2) is 16.3 Å². The molecule has 0 N–H and O–H groups in total. The molecule has 6 heteroatoms. The predicted octanol–water partition coefficient (Wildman–Crippen LogP) is 4.24. The van der Waals surface area contributed by atoms with Crippen LogP contribution in [0.15, 0.2) is 36.7 Å². The van der Waals surface area contributed by atoms with E-state index in [1.807, 2.05) is 0 Å². The summed E-state index contributed by atoms with van der Waals surface area (Å²) in [6, 6.07) is 5.88. The van der Waals surface area contributed by atoms with Gasteiger partial charge in [0.25, 0.3) is 0 Å². The minimum Gasteiger partial charge on any atom is -0.405 e. The zero-order chi connectivity index (χ0) is 15.5. The Morgan fingerprint density at radius 3 is 2.38 bits per heavy atom. The van der Waals surface area contributed by atoms with E-state index < -0.39 is 6.36 Å². The van der Waals surface area contributed by atoms with E-state index in [1.165, 1.54) is 24.4 Å². The van der Waals surface area contributed by atoms with Crippen LogP contribution in [0.25, 0.3) is 11.3 Å². The van der Waals surface area contributed by atoms with Crippen LogP contribution in [0, 0.1) is 5.92 Å². The van der Waals surface area contributed by atoms with Crippen molar-refractivity contribution in [1.82, 2.24) is 9.97 Å². The van der Waals surface area contributed by atoms with Crippen LogP contribution < -0.4 is 4.74 Å². The van der Waals surface area contributed by atoms with Gasteiger partial charge in [-0.2, -0.15) is 0 Å². The van der Waals surface area contributed by atoms with Crippen molar-refractivity contribution in [3.05, 3.63) is 42.4 Å². The van der Waals surface area contributed by atoms with Crippen LogP contribution >= 0.6 is 0 Å². The summed E-state index contributed by atoms with van der Waals surface area (Å²) in [5.74, 6) is 0.155. The summed E-state index contributed by atoms with van der Waals surface area (Å²) in [6.07, 6.45) is -0.912. The lowest BCUT2D eigenvalue weighted by Gasteiger charge is -2.12. The van der Waals surface area contributed by atoms with Gasteiger partial charge in [-0.05, 0) is 24.5 Å². The first kappa shape index (κ1) is 15.3. The monoisotopic (exact) mass is 296 g/mol. The lowest BCUT2D eigenvalue weighted by atomic mass is 10.1. The number of para-hydroxylation sites is 1. The van der Waals surface area contributed by atoms with Crippen molar-refractivity contribution in [1.29, 1.82) is 0 Å². The zero-order valence-electron chi connectivity index (χ0n) is 11.7. The van der Waals surface area contributed by atoms with Crippen molar-refractivity contribution in [3.63, 3.8) is 0 Å². The number of ether oxygens (including phenoxy) is 1. The van der Waals surface area contributed by atoms with Gasteiger partial charge < -0.3 is 4.74 Å². The summed E-state index contributed by atoms with van der Waals surface area (Å²) < 4.78 is 41.2. The van der Waals surface area contributed by atoms with Crippen LogP contribution in [0.3, 0.4) is 0 Å². The molecule has 21 heavy (non-hydrogen) atoms. The zero-order valence-corrected chi connectivity index (χ0v) is 11.7. The smallest absolute Gasteiger partial charge is 0.405 e. The third-order valence-electron chi connectivity index (χ3n) is 2.71. The number of nitrogens with zero attached hydrogens (tertiary/aromatic N) is 2. The summed E-state index contributed by atoms with van der Waals surface area (Å²) in [5.41, 5.74) is 1.42. The lowest BCUT2D eigenvalue weighted by Crippen LogP contribution is -2.17. The lowest BCUT2D eigenvalue weighted by molar-refractivity contribution is -0.274. The molecule has 2 aromatic rings. The standard InChI is InChI=1S/C15H15F3N2O/c1-10(2)7-11-8-20-13(9-19-11)12-5-3-4-6-14(12)21-15(16,17)18/h3-6,8-10H,7H2,1-2H3. The van der Waals surface area contributed by atoms with E-state index in [0.717, 1.165) is 12.1 Å². The van der Waals surface area contributed by atoms with Crippen LogP contribution in [0.5, 0.6) is 5.75 Å². The summed E-state index contributed by atoms with van der Waals surface area (Å²) >= 11 is 0. The summed E-state index contributed by atoms with van der Waals surface area (Å²) in [7, 11) is 0. The van der Waals surface area contributed by atoms with Gasteiger partial charge in [0.1, 0.15) is 5.75 Å². The second kappa shape index (κ2) is 6.11. The second-order valence-corrected chi connectivity index (χ2v) is 5.03. The molecular formula is C15H15F3N2O. The second-order valence-electron chi connectivity index (χ2n) is 5.03. The van der Waals surface area contributed by atoms with Gasteiger partial charge in [-0.3, -0.25) is 9.97 Å². The molecule has 0 spiro atoms. The molecule has 0 aliphatic carbocycles. The molecule has 0 saturated heterocycles. The van der Waals surface area contributed by atoms with Crippen molar-refractivity contribution < 1.29 is 17.9 Å². The predicted molar refractivity (Wildman–Crippen MR) is 72.7 cm³/mol. The Morgan fingerprint density at radius 1 is 1.10 bits per heavy atom. The number of hydrogen-bond donors (Lipinski definition) is 0. The van der Waals surface area contributed by atoms with Gasteiger partial charge >= 0.3 is 6.36 Å². The van der Waals surface area contributed by atoms with E-state index in [0.29, 0.717) is 11.6 Å². The van der Waals surface area contributed by atoms with Crippen molar-refractivity contribution >= 4 is 0 Å². The molecule has 1 aromatic carbocycles. The molecule has 0 radical (unpaired) electrons. The van der Waals surface area contributed by atoms with E-state index in [4.69, 9.17) is 0 Å². The molecule has 3 nitrogen and oxygen atoms in total. The van der Waals surface area contributed by atoms with Gasteiger partial charge in [-0.25, -0.2) is 0 Å². The quantitative estimate of drug-likeness (QED) is 0.846. The minimum absolute atomic E-state index is 0.262. The first-order valence-electron chi connectivity index (χ1n) is 6.51. The van der Waals surface area contributed by atoms with Crippen molar-refractivity contribution in [3.8, 4) is 17.0 Å². The summed E-state index contributed by atoms with van der Waals surface area (Å²) in [4.78, 5) is 8.42. The van der Waals surface area contributed by atoms with E-state index in [9.17, 15) is 13.2 Å². The molecule has 112 valence electrons. The van der Waals surface area contributed by atoms with Crippen molar-refractivity contribution in [2.75, 3.05) is 0 Å². The van der Waals surface area contributed by atoms with Gasteiger partial charge in [0, 0.05) is 11.8 Å². The Bertz CT molecular complexity index is 595. The van der Waals surface area contributed by atoms with Crippen molar-refractivity contribution in [2.45, 2.75) is 26.6 Å². The fourth-order valence-electron chi connectivity index (χ4n) is 1.91. The fraction of sp³-hybridized carbons (Fsp3) is 0.333. The van der Waals surface area contributed by atoms with Gasteiger partial charge in [-0.1, -0.05) is 26.0 Å². The maximum Gasteiger partial charge on any atom is 0.573 e. The maximum atomic E-state index is 12.4. The molecule has 0 saturated carbocycles. The van der Waals surface area contributed by atoms with E-state index in [1.54, 1.807) is 12.3 Å². The number of aromatic nitrogens is 2. The molecule has 2 rings (SSSR count). The first-order chi connectivity index (χ1) is 9.85. The normalized spacial score (nSPS) is 11.7. The Morgan fingerprint density at radius 2 is 1.81 bits per heavy atom. The largest absolute Gasteiger partial charge is 0.573 e. The molecule has 1 heterocycles. The Hall–Kier alpha value is -2.11. The topological polar surface area (TPSA) is 35.0 Å². The van der Waals surface area contributed by atoms with E-state index in [-0.39, 0.29) is 11.3 Å². The van der Waals surface area contributed by atoms with Crippen molar-refractivity contribution in [2.24, 2.45) is 5.92 Å². The highest BCUT2D eigenvalue weighted by molar-refractivity contribution is 5.66. The average molecular weight is 296 g/mol. The number of alkyl halides is 3. The van der Waals surface area contributed by atoms with Crippen LogP contribution in [0.4, 0.5) is 13.2 Å². The number of benzene rings is 1. The number of halogens is 3. The first-order valence-corrected chi connectivity index (χ1v) is 6.51. The van der Waals surface area contributed by atoms with Crippen LogP contribution in [0.2, 0.25) is 0 Å². The molecule has 0 fully saturated rings. The highest BCUT2D eigenvalue weighted by Crippen LogP contribution is 2.32. The molecule has 0 atom stereocenters. The molecule has 0 amide bonds. The van der Waals surface area contributed by atoms with E-state index in [2.05, 4.69) is 28.6 Å².